The number of halogens is 3. The summed E-state index contributed by atoms with van der Waals surface area (Å²) in [7, 11) is 0. The maximum Gasteiger partial charge on any atom is 0.389 e. The van der Waals surface area contributed by atoms with Gasteiger partial charge >= 0.3 is 12.1 Å². The first kappa shape index (κ1) is 24.0. The highest BCUT2D eigenvalue weighted by Crippen LogP contribution is 2.28. The van der Waals surface area contributed by atoms with Gasteiger partial charge in [0.15, 0.2) is 0 Å². The second-order valence-corrected chi connectivity index (χ2v) is 6.87. The average molecular weight is 364 g/mol. The van der Waals surface area contributed by atoms with Gasteiger partial charge in [0.2, 0.25) is 0 Å². The van der Waals surface area contributed by atoms with Gasteiger partial charge in [-0.2, -0.15) is 13.2 Å². The predicted octanol–water partition coefficient (Wildman–Crippen LogP) is 7.29. The Kier molecular flexibility index (Phi) is 14.7. The van der Waals surface area contributed by atoms with E-state index in [1.165, 1.54) is 38.5 Å². The molecule has 0 rings (SSSR count). The van der Waals surface area contributed by atoms with Crippen LogP contribution in [-0.2, 0) is 4.79 Å². The first-order chi connectivity index (χ1) is 11.9. The van der Waals surface area contributed by atoms with Crippen LogP contribution in [0.5, 0.6) is 0 Å². The maximum atomic E-state index is 12.3. The van der Waals surface area contributed by atoms with E-state index in [-0.39, 0.29) is 6.42 Å². The maximum absolute atomic E-state index is 12.3. The van der Waals surface area contributed by atoms with E-state index in [1.807, 2.05) is 0 Å². The molecule has 0 aliphatic heterocycles. The summed E-state index contributed by atoms with van der Waals surface area (Å²) in [5.74, 6) is -2.63. The number of hydrogen-bond donors (Lipinski definition) is 1. The summed E-state index contributed by atoms with van der Waals surface area (Å²) in [6.07, 6.45) is 12.2. The Labute approximate surface area is 150 Å². The van der Waals surface area contributed by atoms with E-state index in [0.717, 1.165) is 32.1 Å². The van der Waals surface area contributed by atoms with Crippen LogP contribution in [0.3, 0.4) is 0 Å². The molecule has 1 unspecified atom stereocenters. The Morgan fingerprint density at radius 2 is 1.36 bits per heavy atom. The van der Waals surface area contributed by atoms with E-state index in [0.29, 0.717) is 6.42 Å². The monoisotopic (exact) mass is 364 g/mol. The Morgan fingerprint density at radius 3 is 1.84 bits per heavy atom. The first-order valence-corrected chi connectivity index (χ1v) is 9.81. The number of alkyl halides is 3. The second-order valence-electron chi connectivity index (χ2n) is 6.87. The molecule has 5 heteroatoms. The molecular weight excluding hydrogens is 329 g/mol. The number of aliphatic carboxylic acids is 1. The van der Waals surface area contributed by atoms with Gasteiger partial charge in [-0.3, -0.25) is 4.79 Å². The number of carbonyl (C=O) groups is 1. The van der Waals surface area contributed by atoms with Crippen LogP contribution >= 0.6 is 0 Å². The molecule has 0 radical (unpaired) electrons. The van der Waals surface area contributed by atoms with E-state index < -0.39 is 24.5 Å². The zero-order valence-electron chi connectivity index (χ0n) is 15.6. The SMILES string of the molecule is CCCCCCCC/C=C\CCCCCCC(CC(F)(F)F)C(=O)O. The summed E-state index contributed by atoms with van der Waals surface area (Å²) in [5, 5.41) is 8.83. The van der Waals surface area contributed by atoms with Gasteiger partial charge in [0.25, 0.3) is 0 Å². The van der Waals surface area contributed by atoms with Gasteiger partial charge in [0.1, 0.15) is 0 Å². The molecule has 1 N–H and O–H groups in total. The molecule has 2 nitrogen and oxygen atoms in total. The first-order valence-electron chi connectivity index (χ1n) is 9.81. The minimum Gasteiger partial charge on any atom is -0.481 e. The third-order valence-electron chi connectivity index (χ3n) is 4.39. The minimum atomic E-state index is -4.40. The summed E-state index contributed by atoms with van der Waals surface area (Å²) in [5.41, 5.74) is 0. The molecule has 0 aromatic rings. The van der Waals surface area contributed by atoms with E-state index >= 15 is 0 Å². The molecule has 0 aromatic heterocycles. The number of carboxylic acids is 1. The lowest BCUT2D eigenvalue weighted by atomic mass is 9.97. The van der Waals surface area contributed by atoms with Crippen LogP contribution in [0.25, 0.3) is 0 Å². The summed E-state index contributed by atoms with van der Waals surface area (Å²) >= 11 is 0. The Bertz CT molecular complexity index is 351. The van der Waals surface area contributed by atoms with E-state index in [1.54, 1.807) is 0 Å². The van der Waals surface area contributed by atoms with Crippen molar-refractivity contribution in [1.82, 2.24) is 0 Å². The fraction of sp³-hybridized carbons (Fsp3) is 0.850. The highest BCUT2D eigenvalue weighted by molar-refractivity contribution is 5.69. The van der Waals surface area contributed by atoms with Crippen LogP contribution in [0.4, 0.5) is 13.2 Å². The van der Waals surface area contributed by atoms with Crippen molar-refractivity contribution in [3.63, 3.8) is 0 Å². The number of carboxylic acid groups (broad SMARTS) is 1. The molecular formula is C20H35F3O2. The molecule has 0 aliphatic rings. The van der Waals surface area contributed by atoms with Crippen molar-refractivity contribution in [2.24, 2.45) is 5.92 Å². The van der Waals surface area contributed by atoms with E-state index in [9.17, 15) is 18.0 Å². The largest absolute Gasteiger partial charge is 0.481 e. The average Bonchev–Trinajstić information content (AvgIpc) is 2.52. The summed E-state index contributed by atoms with van der Waals surface area (Å²) < 4.78 is 36.8. The lowest BCUT2D eigenvalue weighted by Crippen LogP contribution is -2.22. The van der Waals surface area contributed by atoms with Gasteiger partial charge in [0, 0.05) is 0 Å². The molecule has 0 saturated heterocycles. The zero-order chi connectivity index (χ0) is 19.0. The van der Waals surface area contributed by atoms with Crippen molar-refractivity contribution in [3.05, 3.63) is 12.2 Å². The van der Waals surface area contributed by atoms with Crippen LogP contribution in [-0.4, -0.2) is 17.3 Å². The summed E-state index contributed by atoms with van der Waals surface area (Å²) in [4.78, 5) is 10.8. The minimum absolute atomic E-state index is 0.114. The highest BCUT2D eigenvalue weighted by atomic mass is 19.4. The second kappa shape index (κ2) is 15.3. The lowest BCUT2D eigenvalue weighted by molar-refractivity contribution is -0.164. The molecule has 0 amide bonds. The van der Waals surface area contributed by atoms with Gasteiger partial charge in [-0.1, -0.05) is 70.4 Å². The molecule has 148 valence electrons. The number of unbranched alkanes of at least 4 members (excludes halogenated alkanes) is 10. The number of allylic oxidation sites excluding steroid dienone is 2. The summed E-state index contributed by atoms with van der Waals surface area (Å²) in [6, 6.07) is 0. The smallest absolute Gasteiger partial charge is 0.389 e. The normalized spacial score (nSPS) is 13.4. The van der Waals surface area contributed by atoms with Crippen molar-refractivity contribution in [2.45, 2.75) is 103 Å². The number of rotatable bonds is 16. The van der Waals surface area contributed by atoms with Gasteiger partial charge in [-0.25, -0.2) is 0 Å². The van der Waals surface area contributed by atoms with Crippen LogP contribution in [0, 0.1) is 5.92 Å². The third kappa shape index (κ3) is 17.6. The Hall–Kier alpha value is -1.00. The molecule has 0 saturated carbocycles. The molecule has 0 spiro atoms. The van der Waals surface area contributed by atoms with E-state index in [4.69, 9.17) is 5.11 Å². The Balaban J connectivity index is 3.50. The van der Waals surface area contributed by atoms with Crippen molar-refractivity contribution in [1.29, 1.82) is 0 Å². The van der Waals surface area contributed by atoms with Crippen LogP contribution < -0.4 is 0 Å². The van der Waals surface area contributed by atoms with Crippen molar-refractivity contribution in [3.8, 4) is 0 Å². The fourth-order valence-electron chi connectivity index (χ4n) is 2.88. The van der Waals surface area contributed by atoms with Crippen molar-refractivity contribution < 1.29 is 23.1 Å². The molecule has 0 heterocycles. The fourth-order valence-corrected chi connectivity index (χ4v) is 2.88. The van der Waals surface area contributed by atoms with Gasteiger partial charge in [0.05, 0.1) is 12.3 Å². The van der Waals surface area contributed by atoms with Crippen molar-refractivity contribution >= 4 is 5.97 Å². The zero-order valence-corrected chi connectivity index (χ0v) is 15.6. The van der Waals surface area contributed by atoms with Crippen LogP contribution in [0.15, 0.2) is 12.2 Å². The predicted molar refractivity (Wildman–Crippen MR) is 96.6 cm³/mol. The quantitative estimate of drug-likeness (QED) is 0.231. The number of hydrogen-bond acceptors (Lipinski definition) is 1. The molecule has 25 heavy (non-hydrogen) atoms. The topological polar surface area (TPSA) is 37.3 Å². The van der Waals surface area contributed by atoms with Gasteiger partial charge in [-0.05, 0) is 32.1 Å². The molecule has 0 aliphatic carbocycles. The Morgan fingerprint density at radius 1 is 0.880 bits per heavy atom. The lowest BCUT2D eigenvalue weighted by Gasteiger charge is -2.14. The van der Waals surface area contributed by atoms with Crippen LogP contribution in [0.1, 0.15) is 96.8 Å². The van der Waals surface area contributed by atoms with Crippen molar-refractivity contribution in [2.75, 3.05) is 0 Å². The van der Waals surface area contributed by atoms with Gasteiger partial charge in [-0.15, -0.1) is 0 Å². The standard InChI is InChI=1S/C20H35F3O2/c1-2-3-4-5-6-7-8-9-10-11-12-13-14-15-16-18(19(24)25)17-20(21,22)23/h9-10,18H,2-8,11-17H2,1H3,(H,24,25)/b10-9-. The van der Waals surface area contributed by atoms with Crippen LogP contribution in [0.2, 0.25) is 0 Å². The molecule has 0 bridgehead atoms. The highest BCUT2D eigenvalue weighted by Gasteiger charge is 2.34. The molecule has 0 fully saturated rings. The summed E-state index contributed by atoms with van der Waals surface area (Å²) in [6.45, 7) is 2.22. The van der Waals surface area contributed by atoms with E-state index in [2.05, 4.69) is 19.1 Å². The molecule has 1 atom stereocenters. The third-order valence-corrected chi connectivity index (χ3v) is 4.39. The van der Waals surface area contributed by atoms with Gasteiger partial charge < -0.3 is 5.11 Å². The molecule has 0 aromatic carbocycles.